The Balaban J connectivity index is 1.60. The van der Waals surface area contributed by atoms with Crippen LogP contribution in [0.1, 0.15) is 37.6 Å². The average Bonchev–Trinajstić information content (AvgIpc) is 2.79. The van der Waals surface area contributed by atoms with Crippen molar-refractivity contribution in [2.24, 2.45) is 0 Å². The Hall–Kier alpha value is -2.90. The summed E-state index contributed by atoms with van der Waals surface area (Å²) in [5.41, 5.74) is 4.55. The first-order chi connectivity index (χ1) is 15.7. The molecule has 0 fully saturated rings. The van der Waals surface area contributed by atoms with Crippen molar-refractivity contribution >= 4 is 23.4 Å². The van der Waals surface area contributed by atoms with Crippen LogP contribution in [0.5, 0.6) is 5.75 Å². The van der Waals surface area contributed by atoms with E-state index in [-0.39, 0.29) is 16.8 Å². The number of carbonyl (C=O) groups is 1. The maximum absolute atomic E-state index is 12.9. The molecule has 0 radical (unpaired) electrons. The van der Waals surface area contributed by atoms with Crippen molar-refractivity contribution in [2.45, 2.75) is 56.6 Å². The standard InChI is InChI=1S/C26H29N3O3S/c1-16-6-8-18(9-7-16)23-28-22-14-26(3,4)32-15-21(22)25(29-23)33-17(2)24(30)27-19-10-12-20(31-5)13-11-19/h6-13,17H,14-15H2,1-5H3,(H,27,30)/t17-/m0/s1. The number of carbonyl (C=O) groups excluding carboxylic acids is 1. The van der Waals surface area contributed by atoms with E-state index < -0.39 is 0 Å². The zero-order chi connectivity index (χ0) is 23.6. The first-order valence-electron chi connectivity index (χ1n) is 11.0. The Morgan fingerprint density at radius 1 is 1.12 bits per heavy atom. The minimum Gasteiger partial charge on any atom is -0.497 e. The lowest BCUT2D eigenvalue weighted by molar-refractivity contribution is -0.115. The van der Waals surface area contributed by atoms with Crippen LogP contribution in [-0.4, -0.2) is 33.8 Å². The Kier molecular flexibility index (Phi) is 6.72. The summed E-state index contributed by atoms with van der Waals surface area (Å²) in [6, 6.07) is 15.5. The molecule has 33 heavy (non-hydrogen) atoms. The highest BCUT2D eigenvalue weighted by Gasteiger charge is 2.31. The van der Waals surface area contributed by atoms with Gasteiger partial charge in [-0.1, -0.05) is 41.6 Å². The summed E-state index contributed by atoms with van der Waals surface area (Å²) >= 11 is 1.44. The van der Waals surface area contributed by atoms with Gasteiger partial charge in [0.2, 0.25) is 5.91 Å². The number of nitrogens with zero attached hydrogens (tertiary/aromatic N) is 2. The van der Waals surface area contributed by atoms with E-state index in [0.717, 1.165) is 33.3 Å². The minimum absolute atomic E-state index is 0.0912. The molecule has 0 unspecified atom stereocenters. The first-order valence-corrected chi connectivity index (χ1v) is 11.8. The number of fused-ring (bicyclic) bond motifs is 1. The fourth-order valence-electron chi connectivity index (χ4n) is 3.59. The van der Waals surface area contributed by atoms with Gasteiger partial charge in [0.05, 0.1) is 30.3 Å². The van der Waals surface area contributed by atoms with Crippen molar-refractivity contribution < 1.29 is 14.3 Å². The van der Waals surface area contributed by atoms with Gasteiger partial charge in [0, 0.05) is 23.2 Å². The van der Waals surface area contributed by atoms with Gasteiger partial charge in [0.15, 0.2) is 5.82 Å². The van der Waals surface area contributed by atoms with E-state index in [1.807, 2.05) is 43.3 Å². The molecular weight excluding hydrogens is 434 g/mol. The van der Waals surface area contributed by atoms with Crippen molar-refractivity contribution in [1.82, 2.24) is 9.97 Å². The van der Waals surface area contributed by atoms with Gasteiger partial charge in [-0.25, -0.2) is 9.97 Å². The summed E-state index contributed by atoms with van der Waals surface area (Å²) in [4.78, 5) is 22.6. The molecule has 172 valence electrons. The number of hydrogen-bond donors (Lipinski definition) is 1. The van der Waals surface area contributed by atoms with Gasteiger partial charge in [-0.15, -0.1) is 0 Å². The van der Waals surface area contributed by atoms with Crippen molar-refractivity contribution in [2.75, 3.05) is 12.4 Å². The second-order valence-electron chi connectivity index (χ2n) is 8.85. The minimum atomic E-state index is -0.355. The molecule has 3 aromatic rings. The largest absolute Gasteiger partial charge is 0.497 e. The predicted molar refractivity (Wildman–Crippen MR) is 132 cm³/mol. The maximum atomic E-state index is 12.9. The number of anilines is 1. The Bertz CT molecular complexity index is 1140. The number of rotatable bonds is 6. The van der Waals surface area contributed by atoms with Crippen LogP contribution < -0.4 is 10.1 Å². The number of benzene rings is 2. The molecule has 0 aliphatic carbocycles. The molecule has 7 heteroatoms. The molecule has 1 aromatic heterocycles. The highest BCUT2D eigenvalue weighted by molar-refractivity contribution is 8.00. The number of hydrogen-bond acceptors (Lipinski definition) is 6. The number of ether oxygens (including phenoxy) is 2. The van der Waals surface area contributed by atoms with E-state index in [1.54, 1.807) is 7.11 Å². The number of nitrogens with one attached hydrogen (secondary N) is 1. The summed E-state index contributed by atoms with van der Waals surface area (Å²) in [7, 11) is 1.62. The molecule has 0 saturated heterocycles. The summed E-state index contributed by atoms with van der Waals surface area (Å²) in [5.74, 6) is 1.33. The SMILES string of the molecule is COc1ccc(NC(=O)[C@H](C)Sc2nc(-c3ccc(C)cc3)nc3c2COC(C)(C)C3)cc1. The average molecular weight is 464 g/mol. The van der Waals surface area contributed by atoms with Gasteiger partial charge in [-0.2, -0.15) is 0 Å². The third-order valence-electron chi connectivity index (χ3n) is 5.58. The second-order valence-corrected chi connectivity index (χ2v) is 10.2. The molecule has 0 spiro atoms. The van der Waals surface area contributed by atoms with Crippen LogP contribution in [0.3, 0.4) is 0 Å². The zero-order valence-electron chi connectivity index (χ0n) is 19.6. The molecule has 6 nitrogen and oxygen atoms in total. The summed E-state index contributed by atoms with van der Waals surface area (Å²) in [6.45, 7) is 8.52. The molecule has 4 rings (SSSR count). The molecule has 2 aromatic carbocycles. The second kappa shape index (κ2) is 9.53. The van der Waals surface area contributed by atoms with Gasteiger partial charge >= 0.3 is 0 Å². The quantitative estimate of drug-likeness (QED) is 0.388. The van der Waals surface area contributed by atoms with Crippen LogP contribution in [0.15, 0.2) is 53.6 Å². The number of aromatic nitrogens is 2. The molecule has 2 heterocycles. The van der Waals surface area contributed by atoms with Gasteiger partial charge in [-0.05, 0) is 52.0 Å². The number of amides is 1. The molecule has 1 amide bonds. The number of aryl methyl sites for hydroxylation is 1. The Morgan fingerprint density at radius 3 is 2.48 bits per heavy atom. The first kappa shape index (κ1) is 23.3. The fraction of sp³-hybridized carbons (Fsp3) is 0.346. The van der Waals surface area contributed by atoms with Crippen LogP contribution in [0, 0.1) is 6.92 Å². The van der Waals surface area contributed by atoms with Crippen LogP contribution in [0.25, 0.3) is 11.4 Å². The predicted octanol–water partition coefficient (Wildman–Crippen LogP) is 5.43. The number of methoxy groups -OCH3 is 1. The third kappa shape index (κ3) is 5.54. The van der Waals surface area contributed by atoms with Crippen LogP contribution in [0.2, 0.25) is 0 Å². The van der Waals surface area contributed by atoms with Crippen molar-refractivity contribution in [1.29, 1.82) is 0 Å². The van der Waals surface area contributed by atoms with E-state index in [0.29, 0.717) is 18.9 Å². The summed E-state index contributed by atoms with van der Waals surface area (Å²) in [5, 5.41) is 3.41. The molecule has 1 aliphatic heterocycles. The zero-order valence-corrected chi connectivity index (χ0v) is 20.5. The van der Waals surface area contributed by atoms with E-state index in [2.05, 4.69) is 38.2 Å². The molecule has 1 atom stereocenters. The Labute approximate surface area is 199 Å². The van der Waals surface area contributed by atoms with Gasteiger partial charge < -0.3 is 14.8 Å². The highest BCUT2D eigenvalue weighted by Crippen LogP contribution is 2.35. The Morgan fingerprint density at radius 2 is 1.82 bits per heavy atom. The molecular formula is C26H29N3O3S. The van der Waals surface area contributed by atoms with Gasteiger partial charge in [-0.3, -0.25) is 4.79 Å². The van der Waals surface area contributed by atoms with E-state index in [9.17, 15) is 4.79 Å². The monoisotopic (exact) mass is 463 g/mol. The smallest absolute Gasteiger partial charge is 0.237 e. The highest BCUT2D eigenvalue weighted by atomic mass is 32.2. The van der Waals surface area contributed by atoms with E-state index in [4.69, 9.17) is 19.4 Å². The molecule has 0 saturated carbocycles. The summed E-state index contributed by atoms with van der Waals surface area (Å²) in [6.07, 6.45) is 0.698. The van der Waals surface area contributed by atoms with Gasteiger partial charge in [0.1, 0.15) is 10.8 Å². The lowest BCUT2D eigenvalue weighted by atomic mass is 9.96. The molecule has 1 N–H and O–H groups in total. The van der Waals surface area contributed by atoms with Gasteiger partial charge in [0.25, 0.3) is 0 Å². The normalized spacial score (nSPS) is 15.4. The van der Waals surface area contributed by atoms with Crippen LogP contribution in [0.4, 0.5) is 5.69 Å². The maximum Gasteiger partial charge on any atom is 0.237 e. The van der Waals surface area contributed by atoms with E-state index in [1.165, 1.54) is 17.3 Å². The third-order valence-corrected chi connectivity index (χ3v) is 6.71. The fourth-order valence-corrected chi connectivity index (χ4v) is 4.55. The lowest BCUT2D eigenvalue weighted by Gasteiger charge is -2.32. The topological polar surface area (TPSA) is 73.3 Å². The van der Waals surface area contributed by atoms with Crippen LogP contribution >= 0.6 is 11.8 Å². The van der Waals surface area contributed by atoms with E-state index >= 15 is 0 Å². The lowest BCUT2D eigenvalue weighted by Crippen LogP contribution is -2.33. The van der Waals surface area contributed by atoms with Crippen LogP contribution in [-0.2, 0) is 22.6 Å². The van der Waals surface area contributed by atoms with Crippen molar-refractivity contribution in [3.8, 4) is 17.1 Å². The van der Waals surface area contributed by atoms with Crippen molar-refractivity contribution in [3.63, 3.8) is 0 Å². The number of thioether (sulfide) groups is 1. The van der Waals surface area contributed by atoms with Crippen molar-refractivity contribution in [3.05, 3.63) is 65.4 Å². The molecule has 0 bridgehead atoms. The molecule has 1 aliphatic rings. The summed E-state index contributed by atoms with van der Waals surface area (Å²) < 4.78 is 11.2.